The van der Waals surface area contributed by atoms with Gasteiger partial charge in [-0.25, -0.2) is 9.36 Å². The van der Waals surface area contributed by atoms with E-state index in [1.54, 1.807) is 24.3 Å². The summed E-state index contributed by atoms with van der Waals surface area (Å²) in [6.07, 6.45) is 0. The van der Waals surface area contributed by atoms with Gasteiger partial charge in [-0.15, -0.1) is 0 Å². The number of carbonyl (C=O) groups is 1. The van der Waals surface area contributed by atoms with Crippen LogP contribution in [0.4, 0.5) is 0 Å². The van der Waals surface area contributed by atoms with Crippen LogP contribution in [0.15, 0.2) is 39.6 Å². The molecule has 17 heavy (non-hydrogen) atoms. The minimum Gasteiger partial charge on any atom is -0.468 e. The van der Waals surface area contributed by atoms with Gasteiger partial charge in [0.2, 0.25) is 0 Å². The summed E-state index contributed by atoms with van der Waals surface area (Å²) in [4.78, 5) is 22.6. The van der Waals surface area contributed by atoms with Gasteiger partial charge >= 0.3 is 11.7 Å². The maximum Gasteiger partial charge on any atom is 0.442 e. The molecule has 0 atom stereocenters. The minimum absolute atomic E-state index is 0.219. The van der Waals surface area contributed by atoms with Crippen molar-refractivity contribution in [1.29, 1.82) is 0 Å². The first-order chi connectivity index (χ1) is 8.22. The van der Waals surface area contributed by atoms with Gasteiger partial charge < -0.3 is 4.74 Å². The van der Waals surface area contributed by atoms with E-state index < -0.39 is 11.7 Å². The van der Waals surface area contributed by atoms with Crippen LogP contribution in [0.5, 0.6) is 0 Å². The topological polar surface area (TPSA) is 74.3 Å². The molecule has 0 aliphatic heterocycles. The predicted octanol–water partition coefficient (Wildman–Crippen LogP) is 0.676. The van der Waals surface area contributed by atoms with E-state index in [2.05, 4.69) is 14.4 Å². The molecule has 1 aromatic carbocycles. The highest BCUT2D eigenvalue weighted by Gasteiger charge is 2.15. The summed E-state index contributed by atoms with van der Waals surface area (Å²) in [5, 5.41) is 3.64. The minimum atomic E-state index is -0.686. The Labute approximate surface area is 96.4 Å². The normalized spacial score (nSPS) is 10.2. The van der Waals surface area contributed by atoms with Crippen molar-refractivity contribution in [2.24, 2.45) is 0 Å². The average Bonchev–Trinajstić information content (AvgIpc) is 2.72. The lowest BCUT2D eigenvalue weighted by Crippen LogP contribution is -2.21. The number of aromatic nitrogens is 2. The van der Waals surface area contributed by atoms with E-state index in [0.717, 1.165) is 4.57 Å². The molecule has 0 aliphatic carbocycles. The van der Waals surface area contributed by atoms with Crippen LogP contribution in [-0.4, -0.2) is 22.8 Å². The lowest BCUT2D eigenvalue weighted by molar-refractivity contribution is -0.141. The molecule has 0 spiro atoms. The van der Waals surface area contributed by atoms with Crippen molar-refractivity contribution in [3.05, 3.63) is 40.9 Å². The molecule has 6 heteroatoms. The van der Waals surface area contributed by atoms with Crippen LogP contribution in [0.25, 0.3) is 11.4 Å². The predicted molar refractivity (Wildman–Crippen MR) is 58.2 cm³/mol. The molecule has 0 unspecified atom stereocenters. The summed E-state index contributed by atoms with van der Waals surface area (Å²) in [5.74, 6) is -0.914. The molecule has 0 N–H and O–H groups in total. The Hall–Kier alpha value is -2.37. The molecule has 0 fully saturated rings. The summed E-state index contributed by atoms with van der Waals surface area (Å²) in [6.45, 7) is -0.219. The highest BCUT2D eigenvalue weighted by molar-refractivity contribution is 5.70. The van der Waals surface area contributed by atoms with Crippen molar-refractivity contribution in [3.63, 3.8) is 0 Å². The van der Waals surface area contributed by atoms with Crippen LogP contribution in [0.2, 0.25) is 0 Å². The first kappa shape index (κ1) is 11.1. The van der Waals surface area contributed by atoms with Crippen LogP contribution in [0, 0.1) is 0 Å². The third kappa shape index (κ3) is 2.25. The van der Waals surface area contributed by atoms with Gasteiger partial charge in [-0.05, 0) is 0 Å². The molecule has 0 bridgehead atoms. The van der Waals surface area contributed by atoms with Gasteiger partial charge in [0, 0.05) is 5.56 Å². The molecule has 2 aromatic rings. The number of esters is 1. The van der Waals surface area contributed by atoms with E-state index in [0.29, 0.717) is 11.4 Å². The molecular formula is C11H10N2O4. The Kier molecular flexibility index (Phi) is 3.04. The molecule has 0 aliphatic rings. The number of ether oxygens (including phenoxy) is 1. The second-order valence-electron chi connectivity index (χ2n) is 3.30. The third-order valence-electron chi connectivity index (χ3n) is 2.23. The van der Waals surface area contributed by atoms with Gasteiger partial charge in [-0.2, -0.15) is 0 Å². The molecule has 0 radical (unpaired) electrons. The zero-order chi connectivity index (χ0) is 12.3. The standard InChI is InChI=1S/C11H10N2O4/c1-16-9(14)7-13-10(12-17-11(13)15)8-5-3-2-4-6-8/h2-6H,7H2,1H3. The number of hydrogen-bond donors (Lipinski definition) is 0. The zero-order valence-electron chi connectivity index (χ0n) is 9.12. The second-order valence-corrected chi connectivity index (χ2v) is 3.30. The number of benzene rings is 1. The van der Waals surface area contributed by atoms with E-state index in [1.165, 1.54) is 7.11 Å². The average molecular weight is 234 g/mol. The van der Waals surface area contributed by atoms with Gasteiger partial charge in [0.15, 0.2) is 5.82 Å². The van der Waals surface area contributed by atoms with Crippen LogP contribution in [0.3, 0.4) is 0 Å². The van der Waals surface area contributed by atoms with Crippen LogP contribution in [-0.2, 0) is 16.1 Å². The van der Waals surface area contributed by atoms with Crippen LogP contribution < -0.4 is 5.76 Å². The fourth-order valence-electron chi connectivity index (χ4n) is 1.40. The Morgan fingerprint density at radius 1 is 1.41 bits per heavy atom. The molecule has 88 valence electrons. The van der Waals surface area contributed by atoms with Gasteiger partial charge in [0.1, 0.15) is 6.54 Å². The van der Waals surface area contributed by atoms with Crippen molar-refractivity contribution in [1.82, 2.24) is 9.72 Å². The van der Waals surface area contributed by atoms with Gasteiger partial charge in [0.05, 0.1) is 7.11 Å². The molecule has 6 nitrogen and oxygen atoms in total. The monoisotopic (exact) mass is 234 g/mol. The number of hydrogen-bond acceptors (Lipinski definition) is 5. The van der Waals surface area contributed by atoms with E-state index in [1.807, 2.05) is 6.07 Å². The quantitative estimate of drug-likeness (QED) is 0.730. The maximum atomic E-state index is 11.4. The van der Waals surface area contributed by atoms with E-state index >= 15 is 0 Å². The highest BCUT2D eigenvalue weighted by atomic mass is 16.5. The van der Waals surface area contributed by atoms with E-state index in [-0.39, 0.29) is 6.54 Å². The Morgan fingerprint density at radius 3 is 2.76 bits per heavy atom. The smallest absolute Gasteiger partial charge is 0.442 e. The molecular weight excluding hydrogens is 224 g/mol. The van der Waals surface area contributed by atoms with E-state index in [4.69, 9.17) is 0 Å². The van der Waals surface area contributed by atoms with Crippen LogP contribution >= 0.6 is 0 Å². The Morgan fingerprint density at radius 2 is 2.12 bits per heavy atom. The summed E-state index contributed by atoms with van der Waals surface area (Å²) in [5.41, 5.74) is 0.697. The fraction of sp³-hybridized carbons (Fsp3) is 0.182. The van der Waals surface area contributed by atoms with Crippen molar-refractivity contribution in [2.45, 2.75) is 6.54 Å². The largest absolute Gasteiger partial charge is 0.468 e. The van der Waals surface area contributed by atoms with Crippen molar-refractivity contribution >= 4 is 5.97 Å². The molecule has 0 saturated carbocycles. The molecule has 2 rings (SSSR count). The van der Waals surface area contributed by atoms with Crippen molar-refractivity contribution < 1.29 is 14.1 Å². The van der Waals surface area contributed by atoms with Crippen molar-refractivity contribution in [2.75, 3.05) is 7.11 Å². The summed E-state index contributed by atoms with van der Waals surface area (Å²) in [7, 11) is 1.25. The first-order valence-corrected chi connectivity index (χ1v) is 4.91. The lowest BCUT2D eigenvalue weighted by atomic mass is 10.2. The third-order valence-corrected chi connectivity index (χ3v) is 2.23. The highest BCUT2D eigenvalue weighted by Crippen LogP contribution is 2.14. The fourth-order valence-corrected chi connectivity index (χ4v) is 1.40. The maximum absolute atomic E-state index is 11.4. The van der Waals surface area contributed by atoms with E-state index in [9.17, 15) is 9.59 Å². The molecule has 0 amide bonds. The molecule has 0 saturated heterocycles. The Balaban J connectivity index is 2.43. The second kappa shape index (κ2) is 4.65. The zero-order valence-corrected chi connectivity index (χ0v) is 9.12. The number of methoxy groups -OCH3 is 1. The molecule has 1 heterocycles. The summed E-state index contributed by atoms with van der Waals surface area (Å²) < 4.78 is 10.2. The van der Waals surface area contributed by atoms with Crippen molar-refractivity contribution in [3.8, 4) is 11.4 Å². The first-order valence-electron chi connectivity index (χ1n) is 4.91. The van der Waals surface area contributed by atoms with Gasteiger partial charge in [-0.3, -0.25) is 9.32 Å². The van der Waals surface area contributed by atoms with Gasteiger partial charge in [0.25, 0.3) is 0 Å². The number of carbonyl (C=O) groups excluding carboxylic acids is 1. The lowest BCUT2D eigenvalue weighted by Gasteiger charge is -2.02. The number of rotatable bonds is 3. The van der Waals surface area contributed by atoms with Gasteiger partial charge in [-0.1, -0.05) is 35.5 Å². The molecule has 1 aromatic heterocycles. The van der Waals surface area contributed by atoms with Crippen LogP contribution in [0.1, 0.15) is 0 Å². The summed E-state index contributed by atoms with van der Waals surface area (Å²) in [6, 6.07) is 8.98. The SMILES string of the molecule is COC(=O)Cn1c(-c2ccccc2)noc1=O. The summed E-state index contributed by atoms with van der Waals surface area (Å²) >= 11 is 0. The Bertz CT molecular complexity index is 571. The number of nitrogens with zero attached hydrogens (tertiary/aromatic N) is 2.